The first-order chi connectivity index (χ1) is 10.2. The molecule has 0 radical (unpaired) electrons. The minimum atomic E-state index is -0.300. The van der Waals surface area contributed by atoms with E-state index in [-0.39, 0.29) is 11.9 Å². The number of hydrogen-bond donors (Lipinski definition) is 0. The molecule has 1 aromatic carbocycles. The summed E-state index contributed by atoms with van der Waals surface area (Å²) in [4.78, 5) is 0. The third kappa shape index (κ3) is 4.93. The Kier molecular flexibility index (Phi) is 6.39. The van der Waals surface area contributed by atoms with E-state index in [1.165, 1.54) is 31.4 Å². The summed E-state index contributed by atoms with van der Waals surface area (Å²) in [6.07, 6.45) is 6.66. The maximum atomic E-state index is 13.7. The van der Waals surface area contributed by atoms with E-state index in [0.717, 1.165) is 12.8 Å². The van der Waals surface area contributed by atoms with Crippen LogP contribution < -0.4 is 4.74 Å². The van der Waals surface area contributed by atoms with Crippen LogP contribution in [-0.2, 0) is 0 Å². The van der Waals surface area contributed by atoms with Crippen molar-refractivity contribution in [1.29, 1.82) is 0 Å². The normalized spacial score (nSPS) is 21.5. The van der Waals surface area contributed by atoms with Crippen molar-refractivity contribution in [3.63, 3.8) is 0 Å². The largest absolute Gasteiger partial charge is 0.490 e. The van der Waals surface area contributed by atoms with Crippen molar-refractivity contribution in [2.75, 3.05) is 5.88 Å². The van der Waals surface area contributed by atoms with Gasteiger partial charge in [0.25, 0.3) is 0 Å². The van der Waals surface area contributed by atoms with Crippen LogP contribution in [0.5, 0.6) is 5.75 Å². The lowest BCUT2D eigenvalue weighted by Crippen LogP contribution is -2.29. The van der Waals surface area contributed by atoms with Crippen LogP contribution in [0.4, 0.5) is 4.39 Å². The van der Waals surface area contributed by atoms with Crippen LogP contribution in [-0.4, -0.2) is 12.0 Å². The lowest BCUT2D eigenvalue weighted by Gasteiger charge is -2.31. The van der Waals surface area contributed by atoms with Crippen molar-refractivity contribution in [3.8, 4) is 17.6 Å². The first-order valence-corrected chi connectivity index (χ1v) is 8.28. The van der Waals surface area contributed by atoms with E-state index in [4.69, 9.17) is 16.3 Å². The molecule has 2 unspecified atom stereocenters. The van der Waals surface area contributed by atoms with Gasteiger partial charge in [-0.25, -0.2) is 4.39 Å². The molecule has 1 saturated carbocycles. The molecule has 3 heteroatoms. The Morgan fingerprint density at radius 2 is 2.10 bits per heavy atom. The first-order valence-electron chi connectivity index (χ1n) is 7.75. The Bertz CT molecular complexity index is 518. The third-order valence-corrected chi connectivity index (χ3v) is 4.16. The van der Waals surface area contributed by atoms with E-state index in [1.54, 1.807) is 0 Å². The molecule has 1 aromatic rings. The molecule has 0 aliphatic heterocycles. The summed E-state index contributed by atoms with van der Waals surface area (Å²) in [5.41, 5.74) is 0.652. The fraction of sp³-hybridized carbons (Fsp3) is 0.556. The Hall–Kier alpha value is -1.20. The summed E-state index contributed by atoms with van der Waals surface area (Å²) in [6, 6.07) is 4.71. The average Bonchev–Trinajstić information content (AvgIpc) is 2.47. The van der Waals surface area contributed by atoms with Crippen LogP contribution in [0.3, 0.4) is 0 Å². The van der Waals surface area contributed by atoms with E-state index in [0.29, 0.717) is 29.5 Å². The van der Waals surface area contributed by atoms with Gasteiger partial charge < -0.3 is 4.74 Å². The Balaban J connectivity index is 2.10. The van der Waals surface area contributed by atoms with E-state index >= 15 is 0 Å². The van der Waals surface area contributed by atoms with Crippen molar-refractivity contribution in [1.82, 2.24) is 0 Å². The van der Waals surface area contributed by atoms with Gasteiger partial charge in [0.2, 0.25) is 0 Å². The van der Waals surface area contributed by atoms with Gasteiger partial charge in [0, 0.05) is 23.9 Å². The lowest BCUT2D eigenvalue weighted by molar-refractivity contribution is 0.0900. The second-order valence-corrected chi connectivity index (χ2v) is 5.90. The fourth-order valence-electron chi connectivity index (χ4n) is 2.89. The van der Waals surface area contributed by atoms with Gasteiger partial charge >= 0.3 is 0 Å². The van der Waals surface area contributed by atoms with Crippen LogP contribution in [0.15, 0.2) is 18.2 Å². The summed E-state index contributed by atoms with van der Waals surface area (Å²) >= 11 is 5.59. The number of ether oxygens (including phenoxy) is 1. The highest BCUT2D eigenvalue weighted by atomic mass is 35.5. The topological polar surface area (TPSA) is 9.23 Å². The van der Waals surface area contributed by atoms with E-state index in [1.807, 2.05) is 6.07 Å². The maximum Gasteiger partial charge on any atom is 0.128 e. The minimum absolute atomic E-state index is 0.203. The van der Waals surface area contributed by atoms with Gasteiger partial charge in [-0.15, -0.1) is 11.6 Å². The highest BCUT2D eigenvalue weighted by molar-refractivity contribution is 6.18. The zero-order valence-corrected chi connectivity index (χ0v) is 13.3. The van der Waals surface area contributed by atoms with Crippen LogP contribution in [0.25, 0.3) is 0 Å². The molecule has 2 atom stereocenters. The fourth-order valence-corrected chi connectivity index (χ4v) is 2.98. The molecule has 0 aromatic heterocycles. The molecule has 0 amide bonds. The van der Waals surface area contributed by atoms with E-state index < -0.39 is 0 Å². The van der Waals surface area contributed by atoms with Crippen molar-refractivity contribution >= 4 is 11.6 Å². The highest BCUT2D eigenvalue weighted by Crippen LogP contribution is 2.31. The smallest absolute Gasteiger partial charge is 0.128 e. The van der Waals surface area contributed by atoms with Crippen LogP contribution >= 0.6 is 11.6 Å². The predicted octanol–water partition coefficient (Wildman–Crippen LogP) is 5.15. The summed E-state index contributed by atoms with van der Waals surface area (Å²) in [5.74, 6) is 7.22. The van der Waals surface area contributed by atoms with Crippen LogP contribution in [0, 0.1) is 23.6 Å². The highest BCUT2D eigenvalue weighted by Gasteiger charge is 2.25. The molecule has 0 saturated heterocycles. The summed E-state index contributed by atoms with van der Waals surface area (Å²) in [6.45, 7) is 2.20. The monoisotopic (exact) mass is 308 g/mol. The van der Waals surface area contributed by atoms with Crippen molar-refractivity contribution < 1.29 is 9.13 Å². The van der Waals surface area contributed by atoms with E-state index in [2.05, 4.69) is 18.8 Å². The number of benzene rings is 1. The second-order valence-electron chi connectivity index (χ2n) is 5.53. The molecule has 0 spiro atoms. The first kappa shape index (κ1) is 16.2. The summed E-state index contributed by atoms with van der Waals surface area (Å²) in [5, 5.41) is 0. The number of halogens is 2. The number of alkyl halides is 1. The molecule has 1 aliphatic rings. The van der Waals surface area contributed by atoms with Crippen molar-refractivity contribution in [3.05, 3.63) is 29.6 Å². The Morgan fingerprint density at radius 3 is 2.86 bits per heavy atom. The standard InChI is InChI=1S/C18H22ClFO/c1-2-15-8-3-4-9-18(15)21-17-12-14(7-5-6-10-19)11-16(20)13-17/h11-13,15,18H,2-4,6,8-10H2,1H3. The Labute approximate surface area is 131 Å². The zero-order valence-electron chi connectivity index (χ0n) is 12.5. The predicted molar refractivity (Wildman–Crippen MR) is 85.3 cm³/mol. The molecule has 114 valence electrons. The molecule has 1 aliphatic carbocycles. The third-order valence-electron chi connectivity index (χ3n) is 3.97. The zero-order chi connectivity index (χ0) is 15.1. The summed E-state index contributed by atoms with van der Waals surface area (Å²) < 4.78 is 19.7. The molecule has 0 N–H and O–H groups in total. The van der Waals surface area contributed by atoms with Gasteiger partial charge in [0.1, 0.15) is 17.7 Å². The van der Waals surface area contributed by atoms with Crippen LogP contribution in [0.1, 0.15) is 51.0 Å². The van der Waals surface area contributed by atoms with Gasteiger partial charge in [-0.05, 0) is 43.7 Å². The van der Waals surface area contributed by atoms with Gasteiger partial charge in [0.15, 0.2) is 0 Å². The molecule has 1 nitrogen and oxygen atoms in total. The molecule has 0 bridgehead atoms. The number of hydrogen-bond acceptors (Lipinski definition) is 1. The van der Waals surface area contributed by atoms with Crippen molar-refractivity contribution in [2.24, 2.45) is 5.92 Å². The van der Waals surface area contributed by atoms with Gasteiger partial charge in [-0.1, -0.05) is 25.2 Å². The molecular weight excluding hydrogens is 287 g/mol. The molecule has 0 heterocycles. The molecule has 2 rings (SSSR count). The summed E-state index contributed by atoms with van der Waals surface area (Å²) in [7, 11) is 0. The van der Waals surface area contributed by atoms with E-state index in [9.17, 15) is 4.39 Å². The quantitative estimate of drug-likeness (QED) is 0.552. The van der Waals surface area contributed by atoms with Gasteiger partial charge in [-0.2, -0.15) is 0 Å². The van der Waals surface area contributed by atoms with Crippen molar-refractivity contribution in [2.45, 2.75) is 51.6 Å². The molecular formula is C18H22ClFO. The minimum Gasteiger partial charge on any atom is -0.490 e. The second kappa shape index (κ2) is 8.29. The van der Waals surface area contributed by atoms with Gasteiger partial charge in [-0.3, -0.25) is 0 Å². The van der Waals surface area contributed by atoms with Crippen LogP contribution in [0.2, 0.25) is 0 Å². The molecule has 1 fully saturated rings. The lowest BCUT2D eigenvalue weighted by atomic mass is 9.85. The SMILES string of the molecule is CCC1CCCCC1Oc1cc(F)cc(C#CCCCl)c1. The van der Waals surface area contributed by atoms with Gasteiger partial charge in [0.05, 0.1) is 0 Å². The molecule has 21 heavy (non-hydrogen) atoms. The number of rotatable bonds is 4. The average molecular weight is 309 g/mol. The Morgan fingerprint density at radius 1 is 1.29 bits per heavy atom. The maximum absolute atomic E-state index is 13.7.